The zero-order valence-electron chi connectivity index (χ0n) is 24.8. The van der Waals surface area contributed by atoms with E-state index in [0.29, 0.717) is 10.9 Å². The highest BCUT2D eigenvalue weighted by Crippen LogP contribution is 2.41. The molecule has 0 spiro atoms. The molecule has 44 heavy (non-hydrogen) atoms. The SMILES string of the molecule is CC.COc1cc2c(cc1OC)C(=O)N(C(C)c1cccc3c(-c4ccc(CS(C)(=O)=O)c(F)c4)c(C(=O)OF)[nH]c13)C2=O. The minimum absolute atomic E-state index is 0.0797. The number of aromatic amines is 1. The number of H-pyrrole nitrogens is 1. The van der Waals surface area contributed by atoms with E-state index in [1.165, 1.54) is 38.5 Å². The van der Waals surface area contributed by atoms with Gasteiger partial charge >= 0.3 is 5.97 Å². The van der Waals surface area contributed by atoms with Gasteiger partial charge in [-0.15, -0.1) is 0 Å². The predicted molar refractivity (Wildman–Crippen MR) is 159 cm³/mol. The van der Waals surface area contributed by atoms with Gasteiger partial charge in [-0.2, -0.15) is 0 Å². The van der Waals surface area contributed by atoms with Gasteiger partial charge in [-0.3, -0.25) is 14.5 Å². The molecule has 1 aromatic heterocycles. The molecule has 1 aliphatic heterocycles. The summed E-state index contributed by atoms with van der Waals surface area (Å²) in [5.41, 5.74) is 0.708. The molecule has 232 valence electrons. The summed E-state index contributed by atoms with van der Waals surface area (Å²) < 4.78 is 62.0. The van der Waals surface area contributed by atoms with Crippen LogP contribution in [0.2, 0.25) is 0 Å². The minimum Gasteiger partial charge on any atom is -0.493 e. The number of hydrogen-bond acceptors (Lipinski definition) is 8. The maximum absolute atomic E-state index is 15.0. The van der Waals surface area contributed by atoms with Gasteiger partial charge in [-0.25, -0.2) is 22.5 Å². The molecule has 13 heteroatoms. The quantitative estimate of drug-likeness (QED) is 0.237. The first kappa shape index (κ1) is 32.1. The van der Waals surface area contributed by atoms with E-state index < -0.39 is 45.2 Å². The van der Waals surface area contributed by atoms with Crippen LogP contribution in [0.4, 0.5) is 8.92 Å². The lowest BCUT2D eigenvalue weighted by atomic mass is 9.97. The Kier molecular flexibility index (Phi) is 9.09. The summed E-state index contributed by atoms with van der Waals surface area (Å²) in [6.07, 6.45) is 0.972. The fraction of sp³-hybridized carbons (Fsp3) is 0.258. The molecule has 0 radical (unpaired) electrons. The van der Waals surface area contributed by atoms with Gasteiger partial charge in [-0.1, -0.05) is 44.2 Å². The highest BCUT2D eigenvalue weighted by molar-refractivity contribution is 7.89. The number of ether oxygens (including phenoxy) is 2. The van der Waals surface area contributed by atoms with Gasteiger partial charge in [0.1, 0.15) is 11.5 Å². The monoisotopic (exact) mass is 628 g/mol. The van der Waals surface area contributed by atoms with E-state index in [1.54, 1.807) is 25.1 Å². The molecule has 0 aliphatic carbocycles. The molecule has 0 saturated carbocycles. The first-order valence-electron chi connectivity index (χ1n) is 13.5. The Morgan fingerprint density at radius 2 is 1.57 bits per heavy atom. The van der Waals surface area contributed by atoms with Crippen molar-refractivity contribution in [2.45, 2.75) is 32.6 Å². The zero-order chi connectivity index (χ0) is 32.5. The van der Waals surface area contributed by atoms with Crippen molar-refractivity contribution in [2.75, 3.05) is 20.5 Å². The molecule has 2 heterocycles. The molecule has 1 atom stereocenters. The van der Waals surface area contributed by atoms with Crippen molar-refractivity contribution in [1.29, 1.82) is 0 Å². The second-order valence-electron chi connectivity index (χ2n) is 9.79. The van der Waals surface area contributed by atoms with Crippen LogP contribution >= 0.6 is 0 Å². The number of carbonyl (C=O) groups is 3. The van der Waals surface area contributed by atoms with E-state index in [4.69, 9.17) is 9.47 Å². The number of hydrogen-bond donors (Lipinski definition) is 1. The number of fused-ring (bicyclic) bond motifs is 2. The van der Waals surface area contributed by atoms with Gasteiger partial charge in [0, 0.05) is 27.3 Å². The van der Waals surface area contributed by atoms with Gasteiger partial charge < -0.3 is 14.5 Å². The van der Waals surface area contributed by atoms with E-state index in [-0.39, 0.29) is 50.5 Å². The van der Waals surface area contributed by atoms with Crippen LogP contribution in [0.1, 0.15) is 69.1 Å². The number of benzene rings is 3. The highest BCUT2D eigenvalue weighted by atomic mass is 32.2. The summed E-state index contributed by atoms with van der Waals surface area (Å²) in [6.45, 7) is 5.61. The van der Waals surface area contributed by atoms with Crippen LogP contribution in [0.5, 0.6) is 11.5 Å². The molecule has 1 N–H and O–H groups in total. The normalized spacial score (nSPS) is 13.3. The number of amides is 2. The van der Waals surface area contributed by atoms with Gasteiger partial charge in [0.15, 0.2) is 21.3 Å². The first-order valence-corrected chi connectivity index (χ1v) is 15.5. The van der Waals surface area contributed by atoms with Crippen LogP contribution in [0, 0.1) is 5.82 Å². The van der Waals surface area contributed by atoms with Crippen LogP contribution in [0.25, 0.3) is 22.0 Å². The fourth-order valence-corrected chi connectivity index (χ4v) is 6.06. The molecule has 1 unspecified atom stereocenters. The summed E-state index contributed by atoms with van der Waals surface area (Å²) in [5.74, 6) is -3.39. The van der Waals surface area contributed by atoms with Crippen molar-refractivity contribution < 1.29 is 46.1 Å². The number of methoxy groups -OCH3 is 2. The average molecular weight is 629 g/mol. The number of nitrogens with zero attached hydrogens (tertiary/aromatic N) is 1. The van der Waals surface area contributed by atoms with Crippen LogP contribution < -0.4 is 9.47 Å². The lowest BCUT2D eigenvalue weighted by Gasteiger charge is -2.23. The van der Waals surface area contributed by atoms with Crippen molar-refractivity contribution >= 4 is 38.5 Å². The molecular weight excluding hydrogens is 598 g/mol. The number of aromatic nitrogens is 1. The summed E-state index contributed by atoms with van der Waals surface area (Å²) in [6, 6.07) is 10.5. The largest absolute Gasteiger partial charge is 0.493 e. The smallest absolute Gasteiger partial charge is 0.396 e. The molecule has 5 rings (SSSR count). The Bertz CT molecular complexity index is 1860. The van der Waals surface area contributed by atoms with E-state index in [2.05, 4.69) is 9.93 Å². The lowest BCUT2D eigenvalue weighted by molar-refractivity contribution is -0.0791. The Balaban J connectivity index is 0.00000216. The molecule has 1 aliphatic rings. The lowest BCUT2D eigenvalue weighted by Crippen LogP contribution is -2.32. The van der Waals surface area contributed by atoms with Crippen LogP contribution in [-0.4, -0.2) is 56.6 Å². The van der Waals surface area contributed by atoms with Crippen molar-refractivity contribution in [3.8, 4) is 22.6 Å². The molecule has 0 fully saturated rings. The number of imide groups is 1. The third-order valence-corrected chi connectivity index (χ3v) is 7.99. The number of para-hydroxylation sites is 1. The van der Waals surface area contributed by atoms with Crippen molar-refractivity contribution in [1.82, 2.24) is 9.88 Å². The molecular formula is C31H30F2N2O8S. The predicted octanol–water partition coefficient (Wildman–Crippen LogP) is 5.96. The minimum atomic E-state index is -3.53. The summed E-state index contributed by atoms with van der Waals surface area (Å²) in [5, 5.41) is 0.343. The Hall–Kier alpha value is -4.78. The van der Waals surface area contributed by atoms with Gasteiger partial charge in [0.2, 0.25) is 0 Å². The fourth-order valence-electron chi connectivity index (χ4n) is 5.26. The van der Waals surface area contributed by atoms with Crippen molar-refractivity contribution in [3.63, 3.8) is 0 Å². The number of rotatable bonds is 8. The van der Waals surface area contributed by atoms with E-state index >= 15 is 0 Å². The molecule has 4 aromatic rings. The molecule has 10 nitrogen and oxygen atoms in total. The van der Waals surface area contributed by atoms with E-state index in [1.807, 2.05) is 13.8 Å². The van der Waals surface area contributed by atoms with E-state index in [9.17, 15) is 31.7 Å². The van der Waals surface area contributed by atoms with Gasteiger partial charge in [0.05, 0.1) is 42.7 Å². The standard InChI is InChI=1S/C29H24F2N2O8S.C2H6/c1-14(33-27(34)19-11-22(39-2)23(40-3)12-20(19)28(33)35)17-6-5-7-18-24(26(29(36)41-31)32-25(17)18)15-8-9-16(21(30)10-15)13-42(4,37)38;1-2/h5-12,14,32H,13H2,1-4H3;1-2H3. The topological polar surface area (TPSA) is 132 Å². The summed E-state index contributed by atoms with van der Waals surface area (Å²) in [7, 11) is -0.724. The Labute approximate surface area is 252 Å². The Morgan fingerprint density at radius 3 is 2.07 bits per heavy atom. The van der Waals surface area contributed by atoms with Crippen molar-refractivity contribution in [3.05, 3.63) is 82.3 Å². The molecule has 2 amide bonds. The molecule has 0 bridgehead atoms. The van der Waals surface area contributed by atoms with Gasteiger partial charge in [0.25, 0.3) is 11.8 Å². The van der Waals surface area contributed by atoms with Crippen LogP contribution in [-0.2, 0) is 20.5 Å². The number of halogens is 2. The maximum atomic E-state index is 15.0. The molecule has 0 saturated heterocycles. The average Bonchev–Trinajstić information content (AvgIpc) is 3.51. The Morgan fingerprint density at radius 1 is 0.977 bits per heavy atom. The van der Waals surface area contributed by atoms with Crippen LogP contribution in [0.15, 0.2) is 48.5 Å². The zero-order valence-corrected chi connectivity index (χ0v) is 25.6. The highest BCUT2D eigenvalue weighted by Gasteiger charge is 2.41. The van der Waals surface area contributed by atoms with Crippen LogP contribution in [0.3, 0.4) is 0 Å². The van der Waals surface area contributed by atoms with Crippen molar-refractivity contribution in [2.24, 2.45) is 0 Å². The third-order valence-electron chi connectivity index (χ3n) is 7.16. The maximum Gasteiger partial charge on any atom is 0.396 e. The number of carbonyl (C=O) groups excluding carboxylic acids is 3. The summed E-state index contributed by atoms with van der Waals surface area (Å²) >= 11 is 0. The second-order valence-corrected chi connectivity index (χ2v) is 11.9. The molecule has 3 aromatic carbocycles. The van der Waals surface area contributed by atoms with Gasteiger partial charge in [-0.05, 0) is 36.2 Å². The third kappa shape index (κ3) is 5.62. The summed E-state index contributed by atoms with van der Waals surface area (Å²) in [4.78, 5) is 46.7. The second kappa shape index (κ2) is 12.4. The number of sulfone groups is 1. The first-order chi connectivity index (χ1) is 20.9. The van der Waals surface area contributed by atoms with E-state index in [0.717, 1.165) is 17.2 Å². The number of nitrogens with one attached hydrogen (secondary N) is 1.